The fraction of sp³-hybridized carbons (Fsp3) is 0.0345. The molecule has 0 saturated carbocycles. The molecular weight excluding hydrogens is 669 g/mol. The van der Waals surface area contributed by atoms with Crippen LogP contribution in [-0.2, 0) is 0 Å². The Hall–Kier alpha value is -3.30. The van der Waals surface area contributed by atoms with Gasteiger partial charge in [-0.2, -0.15) is 9.78 Å². The van der Waals surface area contributed by atoms with Crippen LogP contribution in [0, 0.1) is 6.92 Å². The molecule has 194 valence electrons. The van der Waals surface area contributed by atoms with Crippen molar-refractivity contribution in [1.29, 1.82) is 0 Å². The van der Waals surface area contributed by atoms with Crippen molar-refractivity contribution >= 4 is 78.1 Å². The molecule has 1 heterocycles. The van der Waals surface area contributed by atoms with Crippen molar-refractivity contribution in [2.45, 2.75) is 6.92 Å². The summed E-state index contributed by atoms with van der Waals surface area (Å²) in [7, 11) is 0. The average Bonchev–Trinajstić information content (AvgIpc) is 2.90. The normalized spacial score (nSPS) is 11.3. The second kappa shape index (κ2) is 11.4. The first-order valence-corrected chi connectivity index (χ1v) is 13.8. The van der Waals surface area contributed by atoms with Gasteiger partial charge in [-0.1, -0.05) is 81.1 Å². The molecule has 1 aromatic heterocycles. The average molecular weight is 686 g/mol. The zero-order valence-corrected chi connectivity index (χ0v) is 24.8. The van der Waals surface area contributed by atoms with Crippen molar-refractivity contribution in [3.05, 3.63) is 125 Å². The second-order valence-corrected chi connectivity index (χ2v) is 11.1. The highest BCUT2D eigenvalue weighted by atomic mass is 79.9. The number of nitrogens with zero attached hydrogens (tertiary/aromatic N) is 3. The molecule has 0 N–H and O–H groups in total. The Bertz CT molecular complexity index is 1840. The topological polar surface area (TPSA) is 73.6 Å². The summed E-state index contributed by atoms with van der Waals surface area (Å²) in [6, 6.07) is 22.7. The number of benzene rings is 4. The number of ether oxygens (including phenoxy) is 1. The van der Waals surface area contributed by atoms with E-state index >= 15 is 0 Å². The van der Waals surface area contributed by atoms with Crippen LogP contribution in [0.1, 0.15) is 21.5 Å². The maximum Gasteiger partial charge on any atom is 0.345 e. The predicted octanol–water partition coefficient (Wildman–Crippen LogP) is 8.31. The van der Waals surface area contributed by atoms with Crippen LogP contribution in [0.15, 0.2) is 97.7 Å². The summed E-state index contributed by atoms with van der Waals surface area (Å²) < 4.78 is 8.15. The molecular formula is C29H17Br2Cl2N3O3. The summed E-state index contributed by atoms with van der Waals surface area (Å²) in [6.07, 6.45) is 1.44. The van der Waals surface area contributed by atoms with Crippen molar-refractivity contribution in [3.8, 4) is 17.1 Å². The second-order valence-electron chi connectivity index (χ2n) is 8.50. The lowest BCUT2D eigenvalue weighted by Gasteiger charge is -2.12. The Morgan fingerprint density at radius 1 is 1.00 bits per heavy atom. The summed E-state index contributed by atoms with van der Waals surface area (Å²) in [5.41, 5.74) is 2.58. The first-order chi connectivity index (χ1) is 18.7. The van der Waals surface area contributed by atoms with Crippen LogP contribution < -0.4 is 10.3 Å². The summed E-state index contributed by atoms with van der Waals surface area (Å²) >= 11 is 19.1. The van der Waals surface area contributed by atoms with Gasteiger partial charge in [0, 0.05) is 20.6 Å². The van der Waals surface area contributed by atoms with Crippen molar-refractivity contribution in [1.82, 2.24) is 9.66 Å². The van der Waals surface area contributed by atoms with Crippen LogP contribution in [0.5, 0.6) is 5.75 Å². The first-order valence-electron chi connectivity index (χ1n) is 11.5. The smallest absolute Gasteiger partial charge is 0.345 e. The molecule has 0 atom stereocenters. The fourth-order valence-electron chi connectivity index (χ4n) is 3.83. The van der Waals surface area contributed by atoms with E-state index in [4.69, 9.17) is 32.9 Å². The van der Waals surface area contributed by atoms with Gasteiger partial charge in [0.15, 0.2) is 11.6 Å². The maximum absolute atomic E-state index is 13.5. The van der Waals surface area contributed by atoms with E-state index in [1.54, 1.807) is 36.4 Å². The number of aryl methyl sites for hydroxylation is 1. The number of para-hydroxylation sites is 1. The molecule has 0 radical (unpaired) electrons. The highest BCUT2D eigenvalue weighted by molar-refractivity contribution is 9.11. The van der Waals surface area contributed by atoms with E-state index in [-0.39, 0.29) is 21.9 Å². The van der Waals surface area contributed by atoms with Crippen molar-refractivity contribution < 1.29 is 9.53 Å². The zero-order chi connectivity index (χ0) is 27.7. The van der Waals surface area contributed by atoms with Crippen molar-refractivity contribution in [2.75, 3.05) is 0 Å². The molecule has 0 bridgehead atoms. The monoisotopic (exact) mass is 683 g/mol. The van der Waals surface area contributed by atoms with Gasteiger partial charge in [0.25, 0.3) is 5.56 Å². The van der Waals surface area contributed by atoms with Gasteiger partial charge in [0.2, 0.25) is 0 Å². The van der Waals surface area contributed by atoms with Crippen LogP contribution in [0.4, 0.5) is 0 Å². The van der Waals surface area contributed by atoms with E-state index in [1.165, 1.54) is 23.0 Å². The van der Waals surface area contributed by atoms with Crippen molar-refractivity contribution in [3.63, 3.8) is 0 Å². The number of hydrogen-bond acceptors (Lipinski definition) is 5. The summed E-state index contributed by atoms with van der Waals surface area (Å²) in [5.74, 6) is -0.119. The molecule has 5 aromatic rings. The molecule has 10 heteroatoms. The van der Waals surface area contributed by atoms with Crippen LogP contribution in [0.25, 0.3) is 22.3 Å². The van der Waals surface area contributed by atoms with Gasteiger partial charge in [0.05, 0.1) is 32.2 Å². The van der Waals surface area contributed by atoms with Crippen LogP contribution in [0.3, 0.4) is 0 Å². The first kappa shape index (κ1) is 27.3. The number of hydrogen-bond donors (Lipinski definition) is 0. The third-order valence-corrected chi connectivity index (χ3v) is 7.35. The van der Waals surface area contributed by atoms with Gasteiger partial charge < -0.3 is 4.74 Å². The fourth-order valence-corrected chi connectivity index (χ4v) is 5.65. The Morgan fingerprint density at radius 2 is 1.74 bits per heavy atom. The highest BCUT2D eigenvalue weighted by Gasteiger charge is 2.19. The lowest BCUT2D eigenvalue weighted by molar-refractivity contribution is 0.0733. The molecule has 5 rings (SSSR count). The third kappa shape index (κ3) is 5.84. The molecule has 0 unspecified atom stereocenters. The summed E-state index contributed by atoms with van der Waals surface area (Å²) in [5, 5.41) is 5.49. The molecule has 39 heavy (non-hydrogen) atoms. The molecule has 0 saturated heterocycles. The van der Waals surface area contributed by atoms with Crippen molar-refractivity contribution in [2.24, 2.45) is 5.10 Å². The van der Waals surface area contributed by atoms with Gasteiger partial charge in [-0.15, -0.1) is 0 Å². The van der Waals surface area contributed by atoms with E-state index in [0.717, 1.165) is 11.1 Å². The van der Waals surface area contributed by atoms with E-state index in [0.29, 0.717) is 36.3 Å². The SMILES string of the molecule is Cc1ccc(-c2nc3ccccc3c(=O)n2N=Cc2cc(Br)cc(Br)c2OC(=O)c2ccc(Cl)cc2Cl)cc1. The quantitative estimate of drug-likeness (QED) is 0.106. The Labute approximate surface area is 250 Å². The Balaban J connectivity index is 1.62. The Kier molecular flexibility index (Phi) is 8.00. The third-order valence-electron chi connectivity index (χ3n) is 5.76. The molecule has 0 aliphatic heterocycles. The number of esters is 1. The van der Waals surface area contributed by atoms with Gasteiger partial charge in [-0.25, -0.2) is 9.78 Å². The van der Waals surface area contributed by atoms with Crippen LogP contribution in [0.2, 0.25) is 10.0 Å². The number of rotatable bonds is 5. The van der Waals surface area contributed by atoms with Gasteiger partial charge >= 0.3 is 5.97 Å². The lowest BCUT2D eigenvalue weighted by atomic mass is 10.1. The summed E-state index contributed by atoms with van der Waals surface area (Å²) in [4.78, 5) is 31.3. The molecule has 6 nitrogen and oxygen atoms in total. The largest absolute Gasteiger partial charge is 0.421 e. The van der Waals surface area contributed by atoms with Gasteiger partial charge in [-0.3, -0.25) is 4.79 Å². The van der Waals surface area contributed by atoms with E-state index in [2.05, 4.69) is 37.0 Å². The van der Waals surface area contributed by atoms with Gasteiger partial charge in [-0.05, 0) is 65.3 Å². The maximum atomic E-state index is 13.5. The minimum Gasteiger partial charge on any atom is -0.421 e. The number of aromatic nitrogens is 2. The van der Waals surface area contributed by atoms with E-state index in [9.17, 15) is 9.59 Å². The molecule has 0 aliphatic rings. The van der Waals surface area contributed by atoms with E-state index < -0.39 is 5.97 Å². The standard InChI is InChI=1S/C29H17Br2Cl2N3O3/c1-16-6-8-17(9-7-16)27-35-25-5-3-2-4-22(25)28(37)36(27)34-15-18-12-19(30)13-23(31)26(18)39-29(38)21-11-10-20(32)14-24(21)33/h2-15H,1H3. The van der Waals surface area contributed by atoms with E-state index in [1.807, 2.05) is 37.3 Å². The number of fused-ring (bicyclic) bond motifs is 1. The Morgan fingerprint density at radius 3 is 2.49 bits per heavy atom. The molecule has 0 aliphatic carbocycles. The molecule has 4 aromatic carbocycles. The van der Waals surface area contributed by atoms with Gasteiger partial charge in [0.1, 0.15) is 0 Å². The number of carbonyl (C=O) groups excluding carboxylic acids is 1. The zero-order valence-electron chi connectivity index (χ0n) is 20.2. The molecule has 0 spiro atoms. The predicted molar refractivity (Wildman–Crippen MR) is 162 cm³/mol. The number of halogens is 4. The highest BCUT2D eigenvalue weighted by Crippen LogP contribution is 2.33. The lowest BCUT2D eigenvalue weighted by Crippen LogP contribution is -2.20. The molecule has 0 amide bonds. The molecule has 0 fully saturated rings. The minimum atomic E-state index is -0.681. The summed E-state index contributed by atoms with van der Waals surface area (Å²) in [6.45, 7) is 1.98. The number of carbonyl (C=O) groups is 1. The van der Waals surface area contributed by atoms with Crippen LogP contribution >= 0.6 is 55.1 Å². The minimum absolute atomic E-state index is 0.149. The van der Waals surface area contributed by atoms with Crippen LogP contribution in [-0.4, -0.2) is 21.8 Å².